The van der Waals surface area contributed by atoms with E-state index in [0.717, 1.165) is 44.7 Å². The van der Waals surface area contributed by atoms with Gasteiger partial charge in [-0.25, -0.2) is 4.98 Å². The average molecular weight is 272 g/mol. The fraction of sp³-hybridized carbons (Fsp3) is 0.562. The van der Waals surface area contributed by atoms with E-state index >= 15 is 0 Å². The summed E-state index contributed by atoms with van der Waals surface area (Å²) in [6.07, 6.45) is 1.14. The summed E-state index contributed by atoms with van der Waals surface area (Å²) in [6, 6.07) is 8.87. The highest BCUT2D eigenvalue weighted by Gasteiger charge is 2.23. The molecule has 2 heterocycles. The van der Waals surface area contributed by atoms with Gasteiger partial charge in [-0.15, -0.1) is 0 Å². The monoisotopic (exact) mass is 272 g/mol. The zero-order valence-electron chi connectivity index (χ0n) is 12.5. The van der Waals surface area contributed by atoms with Gasteiger partial charge in [-0.2, -0.15) is 0 Å². The van der Waals surface area contributed by atoms with Crippen LogP contribution in [0.25, 0.3) is 11.0 Å². The highest BCUT2D eigenvalue weighted by atomic mass is 15.2. The summed E-state index contributed by atoms with van der Waals surface area (Å²) in [7, 11) is 0. The SMILES string of the molecule is CCCn1c(C(C)N2CCNCC2)nc2ccccc21. The van der Waals surface area contributed by atoms with Crippen molar-refractivity contribution in [2.75, 3.05) is 26.2 Å². The normalized spacial score (nSPS) is 18.5. The Morgan fingerprint density at radius 3 is 2.75 bits per heavy atom. The first-order chi connectivity index (χ1) is 9.81. The molecule has 1 aromatic heterocycles. The molecule has 2 aromatic rings. The lowest BCUT2D eigenvalue weighted by Crippen LogP contribution is -2.45. The summed E-state index contributed by atoms with van der Waals surface area (Å²) in [5.74, 6) is 1.22. The number of nitrogens with zero attached hydrogens (tertiary/aromatic N) is 3. The van der Waals surface area contributed by atoms with E-state index in [1.165, 1.54) is 11.3 Å². The molecule has 4 heteroatoms. The van der Waals surface area contributed by atoms with Crippen molar-refractivity contribution >= 4 is 11.0 Å². The van der Waals surface area contributed by atoms with Gasteiger partial charge in [-0.1, -0.05) is 19.1 Å². The van der Waals surface area contributed by atoms with E-state index < -0.39 is 0 Å². The minimum absolute atomic E-state index is 0.385. The Bertz CT molecular complexity index is 569. The van der Waals surface area contributed by atoms with Gasteiger partial charge in [0.25, 0.3) is 0 Å². The van der Waals surface area contributed by atoms with Crippen LogP contribution in [-0.4, -0.2) is 40.6 Å². The molecule has 0 aliphatic carbocycles. The van der Waals surface area contributed by atoms with E-state index in [-0.39, 0.29) is 0 Å². The Morgan fingerprint density at radius 1 is 1.25 bits per heavy atom. The zero-order chi connectivity index (χ0) is 13.9. The van der Waals surface area contributed by atoms with Crippen molar-refractivity contribution in [3.63, 3.8) is 0 Å². The van der Waals surface area contributed by atoms with Crippen LogP contribution in [0.4, 0.5) is 0 Å². The van der Waals surface area contributed by atoms with Crippen molar-refractivity contribution < 1.29 is 0 Å². The van der Waals surface area contributed by atoms with E-state index in [0.29, 0.717) is 6.04 Å². The largest absolute Gasteiger partial charge is 0.327 e. The van der Waals surface area contributed by atoms with Crippen LogP contribution in [0.2, 0.25) is 0 Å². The van der Waals surface area contributed by atoms with Crippen LogP contribution < -0.4 is 5.32 Å². The smallest absolute Gasteiger partial charge is 0.127 e. The molecule has 1 aromatic carbocycles. The Balaban J connectivity index is 1.98. The molecule has 0 saturated carbocycles. The van der Waals surface area contributed by atoms with Gasteiger partial charge in [-0.3, -0.25) is 4.90 Å². The molecule has 20 heavy (non-hydrogen) atoms. The lowest BCUT2D eigenvalue weighted by molar-refractivity contribution is 0.176. The average Bonchev–Trinajstić information content (AvgIpc) is 2.87. The number of rotatable bonds is 4. The number of piperazine rings is 1. The Morgan fingerprint density at radius 2 is 2.00 bits per heavy atom. The van der Waals surface area contributed by atoms with Crippen molar-refractivity contribution in [1.82, 2.24) is 19.8 Å². The number of fused-ring (bicyclic) bond motifs is 1. The number of hydrogen-bond acceptors (Lipinski definition) is 3. The highest BCUT2D eigenvalue weighted by molar-refractivity contribution is 5.76. The van der Waals surface area contributed by atoms with Crippen LogP contribution in [0.5, 0.6) is 0 Å². The molecule has 0 spiro atoms. The standard InChI is InChI=1S/C16H24N4/c1-3-10-20-15-7-5-4-6-14(15)18-16(20)13(2)19-11-8-17-9-12-19/h4-7,13,17H,3,8-12H2,1-2H3. The lowest BCUT2D eigenvalue weighted by Gasteiger charge is -2.32. The maximum absolute atomic E-state index is 4.91. The molecule has 1 saturated heterocycles. The van der Waals surface area contributed by atoms with Crippen LogP contribution in [-0.2, 0) is 6.54 Å². The molecular weight excluding hydrogens is 248 g/mol. The number of aryl methyl sites for hydroxylation is 1. The van der Waals surface area contributed by atoms with Crippen LogP contribution in [0.1, 0.15) is 32.1 Å². The number of benzene rings is 1. The maximum Gasteiger partial charge on any atom is 0.127 e. The molecule has 0 amide bonds. The first-order valence-corrected chi connectivity index (χ1v) is 7.71. The minimum atomic E-state index is 0.385. The molecule has 0 radical (unpaired) electrons. The van der Waals surface area contributed by atoms with Gasteiger partial charge in [0.05, 0.1) is 17.1 Å². The first kappa shape index (κ1) is 13.6. The van der Waals surface area contributed by atoms with Crippen LogP contribution >= 0.6 is 0 Å². The molecular formula is C16H24N4. The van der Waals surface area contributed by atoms with E-state index in [4.69, 9.17) is 4.98 Å². The molecule has 1 unspecified atom stereocenters. The summed E-state index contributed by atoms with van der Waals surface area (Å²) in [5.41, 5.74) is 2.39. The fourth-order valence-corrected chi connectivity index (χ4v) is 3.10. The van der Waals surface area contributed by atoms with E-state index in [1.807, 2.05) is 0 Å². The summed E-state index contributed by atoms with van der Waals surface area (Å²) in [4.78, 5) is 7.44. The summed E-state index contributed by atoms with van der Waals surface area (Å²) >= 11 is 0. The number of para-hydroxylation sites is 2. The number of hydrogen-bond donors (Lipinski definition) is 1. The van der Waals surface area contributed by atoms with Gasteiger partial charge in [-0.05, 0) is 25.5 Å². The third-order valence-corrected chi connectivity index (χ3v) is 4.20. The molecule has 108 valence electrons. The third kappa shape index (κ3) is 2.45. The van der Waals surface area contributed by atoms with Crippen LogP contribution in [0, 0.1) is 0 Å². The lowest BCUT2D eigenvalue weighted by atomic mass is 10.2. The molecule has 1 N–H and O–H groups in total. The molecule has 1 atom stereocenters. The van der Waals surface area contributed by atoms with Crippen molar-refractivity contribution in [2.45, 2.75) is 32.9 Å². The third-order valence-electron chi connectivity index (χ3n) is 4.20. The predicted molar refractivity (Wildman–Crippen MR) is 82.9 cm³/mol. The molecule has 3 rings (SSSR count). The zero-order valence-corrected chi connectivity index (χ0v) is 12.5. The molecule has 1 aliphatic rings. The second-order valence-electron chi connectivity index (χ2n) is 5.57. The topological polar surface area (TPSA) is 33.1 Å². The summed E-state index contributed by atoms with van der Waals surface area (Å²) in [6.45, 7) is 9.95. The summed E-state index contributed by atoms with van der Waals surface area (Å²) in [5, 5.41) is 3.42. The van der Waals surface area contributed by atoms with Crippen LogP contribution in [0.15, 0.2) is 24.3 Å². The number of imidazole rings is 1. The fourth-order valence-electron chi connectivity index (χ4n) is 3.10. The Labute approximate surface area is 120 Å². The quantitative estimate of drug-likeness (QED) is 0.928. The van der Waals surface area contributed by atoms with Gasteiger partial charge >= 0.3 is 0 Å². The van der Waals surface area contributed by atoms with Gasteiger partial charge < -0.3 is 9.88 Å². The van der Waals surface area contributed by atoms with Gasteiger partial charge in [0.2, 0.25) is 0 Å². The predicted octanol–water partition coefficient (Wildman–Crippen LogP) is 2.41. The maximum atomic E-state index is 4.91. The molecule has 0 bridgehead atoms. The van der Waals surface area contributed by atoms with Gasteiger partial charge in [0.1, 0.15) is 5.82 Å². The van der Waals surface area contributed by atoms with Gasteiger partial charge in [0, 0.05) is 32.7 Å². The molecule has 1 aliphatic heterocycles. The van der Waals surface area contributed by atoms with Crippen molar-refractivity contribution in [3.05, 3.63) is 30.1 Å². The molecule has 1 fully saturated rings. The van der Waals surface area contributed by atoms with Crippen molar-refractivity contribution in [1.29, 1.82) is 0 Å². The Hall–Kier alpha value is -1.39. The minimum Gasteiger partial charge on any atom is -0.327 e. The van der Waals surface area contributed by atoms with Gasteiger partial charge in [0.15, 0.2) is 0 Å². The number of nitrogens with one attached hydrogen (secondary N) is 1. The first-order valence-electron chi connectivity index (χ1n) is 7.71. The summed E-state index contributed by atoms with van der Waals surface area (Å²) < 4.78 is 2.40. The van der Waals surface area contributed by atoms with E-state index in [9.17, 15) is 0 Å². The van der Waals surface area contributed by atoms with E-state index in [2.05, 4.69) is 52.9 Å². The Kier molecular flexibility index (Phi) is 4.03. The highest BCUT2D eigenvalue weighted by Crippen LogP contribution is 2.25. The van der Waals surface area contributed by atoms with Crippen molar-refractivity contribution in [3.8, 4) is 0 Å². The van der Waals surface area contributed by atoms with Crippen molar-refractivity contribution in [2.24, 2.45) is 0 Å². The second kappa shape index (κ2) is 5.94. The second-order valence-corrected chi connectivity index (χ2v) is 5.57. The number of aromatic nitrogens is 2. The van der Waals surface area contributed by atoms with E-state index in [1.54, 1.807) is 0 Å². The molecule has 4 nitrogen and oxygen atoms in total. The van der Waals surface area contributed by atoms with Crippen LogP contribution in [0.3, 0.4) is 0 Å².